The lowest BCUT2D eigenvalue weighted by Crippen LogP contribution is -2.31. The normalized spacial score (nSPS) is 16.4. The van der Waals surface area contributed by atoms with Gasteiger partial charge in [0.25, 0.3) is 5.91 Å². The first-order chi connectivity index (χ1) is 16.3. The van der Waals surface area contributed by atoms with Crippen molar-refractivity contribution in [1.29, 1.82) is 0 Å². The smallest absolute Gasteiger partial charge is 0.296 e. The predicted octanol–water partition coefficient (Wildman–Crippen LogP) is 5.81. The Hall–Kier alpha value is -3.17. The van der Waals surface area contributed by atoms with E-state index in [4.69, 9.17) is 0 Å². The Kier molecular flexibility index (Phi) is 6.27. The number of hydrogen-bond acceptors (Lipinski definition) is 8. The third-order valence-electron chi connectivity index (χ3n) is 5.97. The fourth-order valence-corrected chi connectivity index (χ4v) is 6.05. The maximum atomic E-state index is 13.7. The molecular formula is C26H27N3O4S2. The highest BCUT2D eigenvalue weighted by Crippen LogP contribution is 2.44. The summed E-state index contributed by atoms with van der Waals surface area (Å²) < 4.78 is 0. The lowest BCUT2D eigenvalue weighted by Gasteiger charge is -2.26. The van der Waals surface area contributed by atoms with Crippen LogP contribution in [0.2, 0.25) is 0 Å². The molecule has 1 unspecified atom stereocenters. The Balaban J connectivity index is 1.90. The third kappa shape index (κ3) is 4.34. The summed E-state index contributed by atoms with van der Waals surface area (Å²) in [6, 6.07) is 6.77. The maximum absolute atomic E-state index is 13.7. The second kappa shape index (κ2) is 8.80. The Bertz CT molecular complexity index is 1390. The average Bonchev–Trinajstić information content (AvgIpc) is 3.40. The molecule has 0 fully saturated rings. The Morgan fingerprint density at radius 3 is 2.06 bits per heavy atom. The number of rotatable bonds is 5. The van der Waals surface area contributed by atoms with Gasteiger partial charge in [0, 0.05) is 6.92 Å². The van der Waals surface area contributed by atoms with E-state index >= 15 is 0 Å². The van der Waals surface area contributed by atoms with Crippen LogP contribution >= 0.6 is 22.7 Å². The first-order valence-electron chi connectivity index (χ1n) is 11.2. The minimum absolute atomic E-state index is 0.0116. The van der Waals surface area contributed by atoms with Crippen LogP contribution in [-0.4, -0.2) is 32.5 Å². The van der Waals surface area contributed by atoms with E-state index < -0.39 is 23.5 Å². The molecule has 0 aliphatic carbocycles. The summed E-state index contributed by atoms with van der Waals surface area (Å²) in [6.07, 6.45) is 0. The molecule has 1 amide bonds. The number of aliphatic hydroxyl groups is 1. The van der Waals surface area contributed by atoms with Gasteiger partial charge in [0.1, 0.15) is 0 Å². The molecule has 3 heterocycles. The van der Waals surface area contributed by atoms with Crippen molar-refractivity contribution in [2.75, 3.05) is 4.90 Å². The summed E-state index contributed by atoms with van der Waals surface area (Å²) in [5, 5.41) is 12.0. The van der Waals surface area contributed by atoms with Crippen molar-refractivity contribution in [3.05, 3.63) is 72.9 Å². The van der Waals surface area contributed by atoms with Gasteiger partial charge in [-0.2, -0.15) is 0 Å². The van der Waals surface area contributed by atoms with Gasteiger partial charge in [0.05, 0.1) is 37.8 Å². The number of nitrogens with zero attached hydrogens (tertiary/aromatic N) is 3. The molecule has 0 radical (unpaired) electrons. The lowest BCUT2D eigenvalue weighted by molar-refractivity contribution is -0.117. The standard InChI is InChI=1S/C26H27N3O4S2/c1-12-22(14(3)30)35-25(28-12)29-19(16-8-10-17(11-9-16)26(5,6)7)18(21(32)24(29)33)20(31)23-13(2)27-15(4)34-23/h8-11,19,32H,1-7H3. The number of anilines is 1. The van der Waals surface area contributed by atoms with Gasteiger partial charge in [-0.05, 0) is 37.3 Å². The van der Waals surface area contributed by atoms with Gasteiger partial charge in [0.2, 0.25) is 5.78 Å². The molecule has 182 valence electrons. The summed E-state index contributed by atoms with van der Waals surface area (Å²) in [7, 11) is 0. The molecule has 0 saturated carbocycles. The number of hydrogen-bond donors (Lipinski definition) is 1. The number of benzene rings is 1. The molecule has 0 saturated heterocycles. The van der Waals surface area contributed by atoms with E-state index in [1.54, 1.807) is 20.8 Å². The predicted molar refractivity (Wildman–Crippen MR) is 138 cm³/mol. The van der Waals surface area contributed by atoms with Gasteiger partial charge in [-0.25, -0.2) is 9.97 Å². The molecule has 9 heteroatoms. The number of Topliss-reactive ketones (excluding diaryl/α,β-unsaturated/α-hetero) is 2. The zero-order valence-electron chi connectivity index (χ0n) is 20.7. The van der Waals surface area contributed by atoms with Gasteiger partial charge >= 0.3 is 0 Å². The van der Waals surface area contributed by atoms with E-state index in [9.17, 15) is 19.5 Å². The van der Waals surface area contributed by atoms with Crippen LogP contribution in [0.5, 0.6) is 0 Å². The molecule has 1 aliphatic heterocycles. The van der Waals surface area contributed by atoms with Gasteiger partial charge in [-0.3, -0.25) is 19.3 Å². The fraction of sp³-hybridized carbons (Fsp3) is 0.346. The van der Waals surface area contributed by atoms with Crippen molar-refractivity contribution in [3.63, 3.8) is 0 Å². The van der Waals surface area contributed by atoms with Crippen LogP contribution < -0.4 is 4.90 Å². The van der Waals surface area contributed by atoms with Crippen LogP contribution in [0.25, 0.3) is 0 Å². The monoisotopic (exact) mass is 509 g/mol. The number of amides is 1. The van der Waals surface area contributed by atoms with Gasteiger partial charge < -0.3 is 5.11 Å². The van der Waals surface area contributed by atoms with Crippen LogP contribution in [0, 0.1) is 20.8 Å². The molecule has 0 spiro atoms. The molecule has 1 atom stereocenters. The molecule has 1 aromatic carbocycles. The summed E-state index contributed by atoms with van der Waals surface area (Å²) in [6.45, 7) is 13.0. The topological polar surface area (TPSA) is 100 Å². The summed E-state index contributed by atoms with van der Waals surface area (Å²) in [5.74, 6) is -1.93. The van der Waals surface area contributed by atoms with Crippen LogP contribution in [-0.2, 0) is 10.2 Å². The van der Waals surface area contributed by atoms with Crippen LogP contribution in [0.1, 0.15) is 80.6 Å². The van der Waals surface area contributed by atoms with E-state index in [2.05, 4.69) is 30.7 Å². The Morgan fingerprint density at radius 1 is 0.971 bits per heavy atom. The highest BCUT2D eigenvalue weighted by atomic mass is 32.1. The quantitative estimate of drug-likeness (QED) is 0.436. The summed E-state index contributed by atoms with van der Waals surface area (Å²) >= 11 is 2.31. The SMILES string of the molecule is CC(=O)c1sc(N2C(=O)C(O)=C(C(=O)c3sc(C)nc3C)C2c2ccc(C(C)(C)C)cc2)nc1C. The number of ketones is 2. The summed E-state index contributed by atoms with van der Waals surface area (Å²) in [5.41, 5.74) is 2.71. The number of aliphatic hydroxyl groups excluding tert-OH is 1. The van der Waals surface area contributed by atoms with Crippen LogP contribution in [0.3, 0.4) is 0 Å². The molecule has 1 N–H and O–H groups in total. The number of thiazole rings is 2. The Labute approximate surface area is 212 Å². The maximum Gasteiger partial charge on any atom is 0.296 e. The van der Waals surface area contributed by atoms with E-state index in [0.717, 1.165) is 21.9 Å². The van der Waals surface area contributed by atoms with Crippen LogP contribution in [0.4, 0.5) is 5.13 Å². The second-order valence-corrected chi connectivity index (χ2v) is 11.8. The first kappa shape index (κ1) is 24.9. The molecule has 4 rings (SSSR count). The van der Waals surface area contributed by atoms with E-state index in [1.165, 1.54) is 23.2 Å². The highest BCUT2D eigenvalue weighted by Gasteiger charge is 2.46. The zero-order valence-corrected chi connectivity index (χ0v) is 22.3. The second-order valence-electron chi connectivity index (χ2n) is 9.66. The lowest BCUT2D eigenvalue weighted by atomic mass is 9.85. The van der Waals surface area contributed by atoms with Crippen molar-refractivity contribution in [3.8, 4) is 0 Å². The fourth-order valence-electron chi connectivity index (χ4n) is 4.19. The number of carbonyl (C=O) groups excluding carboxylic acids is 3. The van der Waals surface area contributed by atoms with Crippen molar-refractivity contribution in [2.24, 2.45) is 0 Å². The third-order valence-corrected chi connectivity index (χ3v) is 8.30. The van der Waals surface area contributed by atoms with Crippen molar-refractivity contribution in [1.82, 2.24) is 9.97 Å². The molecule has 1 aliphatic rings. The van der Waals surface area contributed by atoms with Crippen molar-refractivity contribution < 1.29 is 19.5 Å². The number of carbonyl (C=O) groups is 3. The van der Waals surface area contributed by atoms with Crippen molar-refractivity contribution in [2.45, 2.75) is 59.9 Å². The average molecular weight is 510 g/mol. The van der Waals surface area contributed by atoms with Gasteiger partial charge in [0.15, 0.2) is 16.7 Å². The largest absolute Gasteiger partial charge is 0.503 e. The first-order valence-corrected chi connectivity index (χ1v) is 12.8. The number of aromatic nitrogens is 2. The Morgan fingerprint density at radius 2 is 1.57 bits per heavy atom. The molecule has 35 heavy (non-hydrogen) atoms. The van der Waals surface area contributed by atoms with Gasteiger partial charge in [-0.15, -0.1) is 11.3 Å². The minimum atomic E-state index is -0.892. The van der Waals surface area contributed by atoms with E-state index in [-0.39, 0.29) is 21.9 Å². The van der Waals surface area contributed by atoms with E-state index in [1.807, 2.05) is 24.3 Å². The van der Waals surface area contributed by atoms with Crippen LogP contribution in [0.15, 0.2) is 35.6 Å². The summed E-state index contributed by atoms with van der Waals surface area (Å²) in [4.78, 5) is 50.1. The van der Waals surface area contributed by atoms with E-state index in [0.29, 0.717) is 26.7 Å². The molecule has 0 bridgehead atoms. The molecular weight excluding hydrogens is 482 g/mol. The zero-order chi connectivity index (χ0) is 25.8. The van der Waals surface area contributed by atoms with Crippen molar-refractivity contribution >= 4 is 45.3 Å². The minimum Gasteiger partial charge on any atom is -0.503 e. The molecule has 7 nitrogen and oxygen atoms in total. The van der Waals surface area contributed by atoms with Gasteiger partial charge in [-0.1, -0.05) is 56.4 Å². The number of aryl methyl sites for hydroxylation is 3. The molecule has 3 aromatic rings. The highest BCUT2D eigenvalue weighted by molar-refractivity contribution is 7.17. The molecule has 2 aromatic heterocycles.